The van der Waals surface area contributed by atoms with E-state index in [9.17, 15) is 4.79 Å². The molecule has 0 unspecified atom stereocenters. The molecule has 0 atom stereocenters. The van der Waals surface area contributed by atoms with Crippen molar-refractivity contribution in [3.8, 4) is 5.75 Å². The highest BCUT2D eigenvalue weighted by Crippen LogP contribution is 2.23. The summed E-state index contributed by atoms with van der Waals surface area (Å²) in [4.78, 5) is 11.5. The van der Waals surface area contributed by atoms with Crippen molar-refractivity contribution in [1.82, 2.24) is 0 Å². The van der Waals surface area contributed by atoms with Crippen LogP contribution in [-0.4, -0.2) is 6.61 Å². The van der Waals surface area contributed by atoms with Gasteiger partial charge in [-0.1, -0.05) is 48.5 Å². The van der Waals surface area contributed by atoms with E-state index in [1.165, 1.54) is 6.07 Å². The first kappa shape index (κ1) is 13.2. The van der Waals surface area contributed by atoms with Crippen LogP contribution in [0.1, 0.15) is 5.56 Å². The van der Waals surface area contributed by atoms with Gasteiger partial charge in [0.05, 0.1) is 11.5 Å². The number of ether oxygens (including phenoxy) is 1. The summed E-state index contributed by atoms with van der Waals surface area (Å²) < 4.78 is 10.8. The highest BCUT2D eigenvalue weighted by Gasteiger charge is 2.04. The molecular formula is C18H14O3. The van der Waals surface area contributed by atoms with Crippen molar-refractivity contribution in [1.29, 1.82) is 0 Å². The molecule has 0 aliphatic heterocycles. The van der Waals surface area contributed by atoms with Gasteiger partial charge in [-0.2, -0.15) is 0 Å². The van der Waals surface area contributed by atoms with Gasteiger partial charge >= 0.3 is 5.63 Å². The zero-order valence-corrected chi connectivity index (χ0v) is 11.4. The molecule has 0 saturated carbocycles. The second-order valence-electron chi connectivity index (χ2n) is 4.55. The lowest BCUT2D eigenvalue weighted by Gasteiger charge is -2.05. The van der Waals surface area contributed by atoms with E-state index in [1.54, 1.807) is 6.07 Å². The van der Waals surface area contributed by atoms with E-state index in [0.717, 1.165) is 10.9 Å². The zero-order chi connectivity index (χ0) is 14.5. The largest absolute Gasteiger partial charge is 0.488 e. The molecule has 3 nitrogen and oxygen atoms in total. The second-order valence-corrected chi connectivity index (χ2v) is 4.55. The monoisotopic (exact) mass is 278 g/mol. The molecular weight excluding hydrogens is 264 g/mol. The molecule has 0 aliphatic carbocycles. The van der Waals surface area contributed by atoms with Crippen LogP contribution in [0, 0.1) is 0 Å². The fourth-order valence-electron chi connectivity index (χ4n) is 2.09. The number of rotatable bonds is 4. The van der Waals surface area contributed by atoms with Crippen LogP contribution in [0.3, 0.4) is 0 Å². The van der Waals surface area contributed by atoms with E-state index in [1.807, 2.05) is 60.7 Å². The van der Waals surface area contributed by atoms with Crippen molar-refractivity contribution < 1.29 is 9.15 Å². The predicted molar refractivity (Wildman–Crippen MR) is 83.5 cm³/mol. The quantitative estimate of drug-likeness (QED) is 0.680. The van der Waals surface area contributed by atoms with E-state index in [-0.39, 0.29) is 0 Å². The minimum Gasteiger partial charge on any atom is -0.488 e. The maximum absolute atomic E-state index is 11.5. The third-order valence-corrected chi connectivity index (χ3v) is 3.06. The lowest BCUT2D eigenvalue weighted by Crippen LogP contribution is -2.01. The molecule has 0 bridgehead atoms. The minimum absolute atomic E-state index is 0.391. The first-order valence-electron chi connectivity index (χ1n) is 6.70. The molecule has 1 aromatic heterocycles. The smallest absolute Gasteiger partial charge is 0.339 e. The summed E-state index contributed by atoms with van der Waals surface area (Å²) in [6.07, 6.45) is 3.90. The van der Waals surface area contributed by atoms with Gasteiger partial charge in [-0.05, 0) is 23.8 Å². The lowest BCUT2D eigenvalue weighted by atomic mass is 10.2. The molecule has 2 aromatic carbocycles. The Balaban J connectivity index is 1.77. The van der Waals surface area contributed by atoms with Crippen LogP contribution in [0.2, 0.25) is 0 Å². The normalized spacial score (nSPS) is 11.0. The Morgan fingerprint density at radius 1 is 1.00 bits per heavy atom. The van der Waals surface area contributed by atoms with Gasteiger partial charge < -0.3 is 9.15 Å². The highest BCUT2D eigenvalue weighted by molar-refractivity contribution is 5.82. The average Bonchev–Trinajstić information content (AvgIpc) is 2.52. The molecule has 3 rings (SSSR count). The number of fused-ring (bicyclic) bond motifs is 1. The first-order valence-corrected chi connectivity index (χ1v) is 6.70. The maximum atomic E-state index is 11.5. The van der Waals surface area contributed by atoms with Crippen LogP contribution >= 0.6 is 0 Å². The van der Waals surface area contributed by atoms with Crippen LogP contribution in [0.15, 0.2) is 76.0 Å². The Morgan fingerprint density at radius 2 is 1.76 bits per heavy atom. The van der Waals surface area contributed by atoms with Crippen LogP contribution in [0.5, 0.6) is 5.75 Å². The molecule has 0 aliphatic rings. The molecule has 3 heteroatoms. The van der Waals surface area contributed by atoms with Gasteiger partial charge in [0.1, 0.15) is 17.9 Å². The topological polar surface area (TPSA) is 39.4 Å². The molecule has 0 radical (unpaired) electrons. The molecule has 1 heterocycles. The summed E-state index contributed by atoms with van der Waals surface area (Å²) in [6, 6.07) is 18.7. The summed E-state index contributed by atoms with van der Waals surface area (Å²) >= 11 is 0. The molecule has 0 amide bonds. The van der Waals surface area contributed by atoms with E-state index >= 15 is 0 Å². The Morgan fingerprint density at radius 3 is 2.62 bits per heavy atom. The Bertz CT molecular complexity index is 816. The highest BCUT2D eigenvalue weighted by atomic mass is 16.5. The van der Waals surface area contributed by atoms with Gasteiger partial charge in [0.25, 0.3) is 0 Å². The molecule has 21 heavy (non-hydrogen) atoms. The zero-order valence-electron chi connectivity index (χ0n) is 11.4. The van der Waals surface area contributed by atoms with Gasteiger partial charge in [-0.3, -0.25) is 0 Å². The molecule has 0 saturated heterocycles. The van der Waals surface area contributed by atoms with Crippen molar-refractivity contribution in [3.05, 3.63) is 82.7 Å². The molecule has 104 valence electrons. The molecule has 3 aromatic rings. The summed E-state index contributed by atoms with van der Waals surface area (Å²) in [5.74, 6) is 0.541. The number of benzene rings is 2. The summed E-state index contributed by atoms with van der Waals surface area (Å²) in [7, 11) is 0. The van der Waals surface area contributed by atoms with Crippen molar-refractivity contribution in [2.45, 2.75) is 0 Å². The predicted octanol–water partition coefficient (Wildman–Crippen LogP) is 3.89. The van der Waals surface area contributed by atoms with Crippen molar-refractivity contribution in [2.24, 2.45) is 0 Å². The van der Waals surface area contributed by atoms with Gasteiger partial charge in [0.15, 0.2) is 0 Å². The SMILES string of the molecule is O=c1cc(OC/C=C\c2ccccc2)c2ccccc2o1. The van der Waals surface area contributed by atoms with Gasteiger partial charge in [0, 0.05) is 0 Å². The number of para-hydroxylation sites is 1. The van der Waals surface area contributed by atoms with Crippen molar-refractivity contribution >= 4 is 17.0 Å². The van der Waals surface area contributed by atoms with E-state index in [0.29, 0.717) is 17.9 Å². The first-order chi connectivity index (χ1) is 10.3. The van der Waals surface area contributed by atoms with Crippen LogP contribution in [-0.2, 0) is 0 Å². The lowest BCUT2D eigenvalue weighted by molar-refractivity contribution is 0.364. The van der Waals surface area contributed by atoms with Crippen LogP contribution < -0.4 is 10.4 Å². The van der Waals surface area contributed by atoms with Crippen molar-refractivity contribution in [3.63, 3.8) is 0 Å². The molecule has 0 spiro atoms. The van der Waals surface area contributed by atoms with Gasteiger partial charge in [-0.25, -0.2) is 4.79 Å². The minimum atomic E-state index is -0.407. The van der Waals surface area contributed by atoms with Crippen LogP contribution in [0.25, 0.3) is 17.0 Å². The van der Waals surface area contributed by atoms with Crippen LogP contribution in [0.4, 0.5) is 0 Å². The van der Waals surface area contributed by atoms with Gasteiger partial charge in [-0.15, -0.1) is 0 Å². The van der Waals surface area contributed by atoms with E-state index in [4.69, 9.17) is 9.15 Å². The Hall–Kier alpha value is -2.81. The van der Waals surface area contributed by atoms with Crippen molar-refractivity contribution in [2.75, 3.05) is 6.61 Å². The fourth-order valence-corrected chi connectivity index (χ4v) is 2.09. The second kappa shape index (κ2) is 6.09. The maximum Gasteiger partial charge on any atom is 0.339 e. The Kier molecular flexibility index (Phi) is 3.83. The number of hydrogen-bond donors (Lipinski definition) is 0. The van der Waals surface area contributed by atoms with E-state index < -0.39 is 5.63 Å². The standard InChI is InChI=1S/C18H14O3/c19-18-13-17(15-10-4-5-11-16(15)21-18)20-12-6-9-14-7-2-1-3-8-14/h1-11,13H,12H2/b9-6-. The Labute approximate surface area is 122 Å². The fraction of sp³-hybridized carbons (Fsp3) is 0.0556. The third-order valence-electron chi connectivity index (χ3n) is 3.06. The molecule has 0 fully saturated rings. The summed E-state index contributed by atoms with van der Waals surface area (Å²) in [5, 5.41) is 0.796. The molecule has 0 N–H and O–H groups in total. The number of hydrogen-bond acceptors (Lipinski definition) is 3. The summed E-state index contributed by atoms with van der Waals surface area (Å²) in [6.45, 7) is 0.391. The van der Waals surface area contributed by atoms with Gasteiger partial charge in [0.2, 0.25) is 0 Å². The van der Waals surface area contributed by atoms with E-state index in [2.05, 4.69) is 0 Å². The third kappa shape index (κ3) is 3.20. The summed E-state index contributed by atoms with van der Waals surface area (Å²) in [5.41, 5.74) is 1.24. The average molecular weight is 278 g/mol.